The topological polar surface area (TPSA) is 83.6 Å². The molecule has 1 aromatic rings. The first-order valence-corrected chi connectivity index (χ1v) is 6.59. The fraction of sp³-hybridized carbons (Fsp3) is 0.467. The summed E-state index contributed by atoms with van der Waals surface area (Å²) in [5, 5.41) is 8.99. The zero-order chi connectivity index (χ0) is 15.1. The number of fused-ring (bicyclic) bond motifs is 1. The van der Waals surface area contributed by atoms with Gasteiger partial charge in [0.05, 0.1) is 11.6 Å². The summed E-state index contributed by atoms with van der Waals surface area (Å²) in [4.78, 5) is 25.0. The first-order chi connectivity index (χ1) is 9.20. The molecular formula is C15H20N2O3. The van der Waals surface area contributed by atoms with Gasteiger partial charge in [0.2, 0.25) is 5.91 Å². The second kappa shape index (κ2) is 4.90. The van der Waals surface area contributed by atoms with Crippen LogP contribution >= 0.6 is 0 Å². The van der Waals surface area contributed by atoms with Gasteiger partial charge in [-0.2, -0.15) is 0 Å². The van der Waals surface area contributed by atoms with Crippen molar-refractivity contribution in [3.05, 3.63) is 34.9 Å². The van der Waals surface area contributed by atoms with E-state index in [0.29, 0.717) is 13.1 Å². The normalized spacial score (nSPS) is 15.9. The summed E-state index contributed by atoms with van der Waals surface area (Å²) in [7, 11) is 0. The third kappa shape index (κ3) is 2.67. The van der Waals surface area contributed by atoms with Crippen molar-refractivity contribution in [2.45, 2.75) is 39.9 Å². The lowest BCUT2D eigenvalue weighted by molar-refractivity contribution is -0.135. The van der Waals surface area contributed by atoms with Crippen molar-refractivity contribution in [1.82, 2.24) is 4.90 Å². The van der Waals surface area contributed by atoms with E-state index in [2.05, 4.69) is 0 Å². The molecular weight excluding hydrogens is 256 g/mol. The molecule has 0 radical (unpaired) electrons. The van der Waals surface area contributed by atoms with E-state index in [1.54, 1.807) is 23.1 Å². The Morgan fingerprint density at radius 3 is 2.40 bits per heavy atom. The van der Waals surface area contributed by atoms with E-state index >= 15 is 0 Å². The van der Waals surface area contributed by atoms with E-state index in [1.807, 2.05) is 20.8 Å². The Balaban J connectivity index is 2.17. The predicted octanol–water partition coefficient (Wildman–Crippen LogP) is 1.60. The van der Waals surface area contributed by atoms with Crippen molar-refractivity contribution in [2.24, 2.45) is 11.1 Å². The average Bonchev–Trinajstić information content (AvgIpc) is 2.78. The second-order valence-electron chi connectivity index (χ2n) is 6.33. The van der Waals surface area contributed by atoms with Crippen LogP contribution in [0.4, 0.5) is 0 Å². The fourth-order valence-corrected chi connectivity index (χ4v) is 2.25. The second-order valence-corrected chi connectivity index (χ2v) is 6.33. The molecule has 1 heterocycles. The van der Waals surface area contributed by atoms with Gasteiger partial charge in [-0.1, -0.05) is 26.8 Å². The highest BCUT2D eigenvalue weighted by Crippen LogP contribution is 2.27. The van der Waals surface area contributed by atoms with Crippen molar-refractivity contribution >= 4 is 11.9 Å². The van der Waals surface area contributed by atoms with Gasteiger partial charge in [-0.05, 0) is 28.7 Å². The van der Waals surface area contributed by atoms with Crippen molar-refractivity contribution in [1.29, 1.82) is 0 Å². The minimum Gasteiger partial charge on any atom is -0.478 e. The van der Waals surface area contributed by atoms with E-state index in [1.165, 1.54) is 0 Å². The molecule has 0 bridgehead atoms. The van der Waals surface area contributed by atoms with Gasteiger partial charge in [-0.25, -0.2) is 4.79 Å². The molecule has 0 fully saturated rings. The molecule has 1 atom stereocenters. The van der Waals surface area contributed by atoms with Gasteiger partial charge < -0.3 is 15.7 Å². The Morgan fingerprint density at radius 2 is 1.85 bits per heavy atom. The number of benzene rings is 1. The lowest BCUT2D eigenvalue weighted by atomic mass is 9.86. The summed E-state index contributed by atoms with van der Waals surface area (Å²) < 4.78 is 0. The molecule has 0 aliphatic carbocycles. The molecule has 0 saturated carbocycles. The number of carbonyl (C=O) groups excluding carboxylic acids is 1. The van der Waals surface area contributed by atoms with Crippen LogP contribution in [0.15, 0.2) is 18.2 Å². The van der Waals surface area contributed by atoms with Crippen LogP contribution in [0.25, 0.3) is 0 Å². The maximum atomic E-state index is 12.4. The van der Waals surface area contributed by atoms with Crippen molar-refractivity contribution < 1.29 is 14.7 Å². The summed E-state index contributed by atoms with van der Waals surface area (Å²) in [6.07, 6.45) is 0. The van der Waals surface area contributed by atoms with Crippen LogP contribution < -0.4 is 5.73 Å². The van der Waals surface area contributed by atoms with Gasteiger partial charge in [0, 0.05) is 13.1 Å². The first-order valence-electron chi connectivity index (χ1n) is 6.59. The van der Waals surface area contributed by atoms with Crippen LogP contribution in [-0.2, 0) is 17.9 Å². The van der Waals surface area contributed by atoms with E-state index < -0.39 is 12.0 Å². The van der Waals surface area contributed by atoms with E-state index in [9.17, 15) is 9.59 Å². The van der Waals surface area contributed by atoms with Crippen molar-refractivity contribution in [3.63, 3.8) is 0 Å². The molecule has 0 spiro atoms. The quantitative estimate of drug-likeness (QED) is 0.859. The zero-order valence-corrected chi connectivity index (χ0v) is 12.0. The third-order valence-electron chi connectivity index (χ3n) is 3.69. The fourth-order valence-electron chi connectivity index (χ4n) is 2.25. The van der Waals surface area contributed by atoms with Gasteiger partial charge in [-0.15, -0.1) is 0 Å². The molecule has 1 aliphatic heterocycles. The summed E-state index contributed by atoms with van der Waals surface area (Å²) in [6, 6.07) is 4.41. The minimum atomic E-state index is -0.955. The number of aromatic carboxylic acids is 1. The van der Waals surface area contributed by atoms with Crippen LogP contribution in [0.2, 0.25) is 0 Å². The maximum Gasteiger partial charge on any atom is 0.335 e. The van der Waals surface area contributed by atoms with Gasteiger partial charge in [0.1, 0.15) is 0 Å². The molecule has 2 rings (SSSR count). The third-order valence-corrected chi connectivity index (χ3v) is 3.69. The zero-order valence-electron chi connectivity index (χ0n) is 12.0. The minimum absolute atomic E-state index is 0.0921. The molecule has 5 nitrogen and oxygen atoms in total. The summed E-state index contributed by atoms with van der Waals surface area (Å²) in [5.41, 5.74) is 7.84. The number of carboxylic acid groups (broad SMARTS) is 1. The smallest absolute Gasteiger partial charge is 0.335 e. The summed E-state index contributed by atoms with van der Waals surface area (Å²) in [5.74, 6) is -1.05. The molecule has 108 valence electrons. The standard InChI is InChI=1S/C15H20N2O3/c1-15(2,3)12(16)13(18)17-7-10-5-4-9(14(19)20)6-11(10)8-17/h4-6,12H,7-8,16H2,1-3H3,(H,19,20). The molecule has 0 aromatic heterocycles. The number of carbonyl (C=O) groups is 2. The number of nitrogens with zero attached hydrogens (tertiary/aromatic N) is 1. The van der Waals surface area contributed by atoms with Crippen LogP contribution in [-0.4, -0.2) is 27.9 Å². The number of nitrogens with two attached hydrogens (primary N) is 1. The monoisotopic (exact) mass is 276 g/mol. The van der Waals surface area contributed by atoms with Gasteiger partial charge in [0.25, 0.3) is 0 Å². The highest BCUT2D eigenvalue weighted by molar-refractivity contribution is 5.88. The Bertz CT molecular complexity index is 561. The molecule has 20 heavy (non-hydrogen) atoms. The van der Waals surface area contributed by atoms with E-state index in [-0.39, 0.29) is 16.9 Å². The van der Waals surface area contributed by atoms with E-state index in [0.717, 1.165) is 11.1 Å². The number of hydrogen-bond acceptors (Lipinski definition) is 3. The molecule has 1 unspecified atom stereocenters. The average molecular weight is 276 g/mol. The molecule has 1 aliphatic rings. The highest BCUT2D eigenvalue weighted by atomic mass is 16.4. The highest BCUT2D eigenvalue weighted by Gasteiger charge is 2.33. The lowest BCUT2D eigenvalue weighted by Crippen LogP contribution is -2.48. The van der Waals surface area contributed by atoms with Gasteiger partial charge in [-0.3, -0.25) is 4.79 Å². The van der Waals surface area contributed by atoms with Crippen molar-refractivity contribution in [2.75, 3.05) is 0 Å². The molecule has 3 N–H and O–H groups in total. The number of hydrogen-bond donors (Lipinski definition) is 2. The van der Waals surface area contributed by atoms with Gasteiger partial charge >= 0.3 is 5.97 Å². The Morgan fingerprint density at radius 1 is 1.25 bits per heavy atom. The van der Waals surface area contributed by atoms with Crippen LogP contribution in [0, 0.1) is 5.41 Å². The summed E-state index contributed by atoms with van der Waals surface area (Å²) >= 11 is 0. The largest absolute Gasteiger partial charge is 0.478 e. The van der Waals surface area contributed by atoms with Crippen LogP contribution in [0.3, 0.4) is 0 Å². The van der Waals surface area contributed by atoms with Crippen LogP contribution in [0.1, 0.15) is 42.3 Å². The molecule has 1 amide bonds. The van der Waals surface area contributed by atoms with Gasteiger partial charge in [0.15, 0.2) is 0 Å². The Hall–Kier alpha value is -1.88. The van der Waals surface area contributed by atoms with Crippen molar-refractivity contribution in [3.8, 4) is 0 Å². The number of rotatable bonds is 2. The summed E-state index contributed by atoms with van der Waals surface area (Å²) in [6.45, 7) is 6.72. The SMILES string of the molecule is CC(C)(C)C(N)C(=O)N1Cc2ccc(C(=O)O)cc2C1. The maximum absolute atomic E-state index is 12.4. The Labute approximate surface area is 118 Å². The number of carboxylic acids is 1. The predicted molar refractivity (Wildman–Crippen MR) is 75.1 cm³/mol. The molecule has 0 saturated heterocycles. The number of amides is 1. The lowest BCUT2D eigenvalue weighted by Gasteiger charge is -2.29. The molecule has 1 aromatic carbocycles. The molecule has 5 heteroatoms. The van der Waals surface area contributed by atoms with E-state index in [4.69, 9.17) is 10.8 Å². The Kier molecular flexibility index (Phi) is 3.56. The first kappa shape index (κ1) is 14.5. The van der Waals surface area contributed by atoms with Crippen LogP contribution in [0.5, 0.6) is 0 Å².